The number of aromatic nitrogens is 2. The summed E-state index contributed by atoms with van der Waals surface area (Å²) in [7, 11) is 0. The van der Waals surface area contributed by atoms with Gasteiger partial charge in [0.05, 0.1) is 6.04 Å². The number of amides is 1. The fourth-order valence-corrected chi connectivity index (χ4v) is 3.68. The van der Waals surface area contributed by atoms with Crippen LogP contribution < -0.4 is 10.6 Å². The number of piperidine rings is 1. The third kappa shape index (κ3) is 3.27. The largest absolute Gasteiger partial charge is 0.368 e. The van der Waals surface area contributed by atoms with Gasteiger partial charge < -0.3 is 10.6 Å². The van der Waals surface area contributed by atoms with Gasteiger partial charge in [-0.3, -0.25) is 9.69 Å². The molecule has 23 heavy (non-hydrogen) atoms. The molecule has 2 aliphatic rings. The zero-order chi connectivity index (χ0) is 16.4. The summed E-state index contributed by atoms with van der Waals surface area (Å²) in [6.07, 6.45) is 3.84. The van der Waals surface area contributed by atoms with Crippen LogP contribution in [0, 0.1) is 18.3 Å². The number of carbonyl (C=O) groups is 1. The minimum Gasteiger partial charge on any atom is -0.368 e. The Morgan fingerprint density at radius 1 is 1.30 bits per heavy atom. The predicted molar refractivity (Wildman–Crippen MR) is 85.6 cm³/mol. The lowest BCUT2D eigenvalue weighted by molar-refractivity contribution is -0.123. The summed E-state index contributed by atoms with van der Waals surface area (Å²) in [5, 5.41) is 9.04. The van der Waals surface area contributed by atoms with Crippen LogP contribution in [-0.2, 0) is 4.79 Å². The first-order chi connectivity index (χ1) is 11.1. The second-order valence-corrected chi connectivity index (χ2v) is 6.32. The summed E-state index contributed by atoms with van der Waals surface area (Å²) >= 11 is 0. The number of carbonyl (C=O) groups excluding carboxylic acids is 1. The van der Waals surface area contributed by atoms with Crippen molar-refractivity contribution in [1.29, 1.82) is 5.26 Å². The monoisotopic (exact) mass is 314 g/mol. The molecule has 1 amide bonds. The molecule has 1 atom stereocenters. The standard InChI is InChI=1S/C16H22N6O/c1-11-9-12(10-17)20-16(19-11)21-7-4-13(5-8-21)22-6-2-3-14(22)15(18)23/h9,13-14H,2-8H2,1H3,(H2,18,23). The van der Waals surface area contributed by atoms with Crippen LogP contribution in [0.1, 0.15) is 37.1 Å². The lowest BCUT2D eigenvalue weighted by Gasteiger charge is -2.38. The van der Waals surface area contributed by atoms with E-state index in [-0.39, 0.29) is 11.9 Å². The highest BCUT2D eigenvalue weighted by atomic mass is 16.1. The molecule has 0 spiro atoms. The van der Waals surface area contributed by atoms with Gasteiger partial charge in [-0.15, -0.1) is 0 Å². The normalized spacial score (nSPS) is 23.0. The van der Waals surface area contributed by atoms with Crippen LogP contribution in [-0.4, -0.2) is 52.5 Å². The first-order valence-electron chi connectivity index (χ1n) is 8.14. The van der Waals surface area contributed by atoms with Crippen LogP contribution in [0.4, 0.5) is 5.95 Å². The molecule has 1 unspecified atom stereocenters. The number of nitriles is 1. The maximum absolute atomic E-state index is 11.6. The molecule has 0 aromatic carbocycles. The minimum atomic E-state index is -0.203. The number of likely N-dealkylation sites (tertiary alicyclic amines) is 1. The van der Waals surface area contributed by atoms with Crippen LogP contribution in [0.5, 0.6) is 0 Å². The molecule has 0 saturated carbocycles. The molecular formula is C16H22N6O. The van der Waals surface area contributed by atoms with Crippen molar-refractivity contribution in [3.8, 4) is 6.07 Å². The summed E-state index contributed by atoms with van der Waals surface area (Å²) in [6.45, 7) is 4.50. The number of aryl methyl sites for hydroxylation is 1. The maximum atomic E-state index is 11.6. The summed E-state index contributed by atoms with van der Waals surface area (Å²) in [4.78, 5) is 24.7. The van der Waals surface area contributed by atoms with Crippen LogP contribution >= 0.6 is 0 Å². The highest BCUT2D eigenvalue weighted by molar-refractivity contribution is 5.80. The van der Waals surface area contributed by atoms with E-state index in [4.69, 9.17) is 11.0 Å². The number of anilines is 1. The fraction of sp³-hybridized carbons (Fsp3) is 0.625. The second-order valence-electron chi connectivity index (χ2n) is 6.32. The highest BCUT2D eigenvalue weighted by Gasteiger charge is 2.35. The van der Waals surface area contributed by atoms with Gasteiger partial charge in [0.25, 0.3) is 0 Å². The Labute approximate surface area is 136 Å². The Bertz CT molecular complexity index is 632. The van der Waals surface area contributed by atoms with Gasteiger partial charge in [-0.1, -0.05) is 0 Å². The molecule has 2 N–H and O–H groups in total. The van der Waals surface area contributed by atoms with Crippen LogP contribution in [0.3, 0.4) is 0 Å². The molecule has 2 aliphatic heterocycles. The molecule has 2 fully saturated rings. The van der Waals surface area contributed by atoms with Gasteiger partial charge in [-0.05, 0) is 45.2 Å². The van der Waals surface area contributed by atoms with Crippen molar-refractivity contribution >= 4 is 11.9 Å². The number of rotatable bonds is 3. The highest BCUT2D eigenvalue weighted by Crippen LogP contribution is 2.27. The summed E-state index contributed by atoms with van der Waals surface area (Å²) in [5.41, 5.74) is 6.73. The molecule has 122 valence electrons. The SMILES string of the molecule is Cc1cc(C#N)nc(N2CCC(N3CCCC3C(N)=O)CC2)n1. The third-order valence-corrected chi connectivity index (χ3v) is 4.80. The predicted octanol–water partition coefficient (Wildman–Crippen LogP) is 0.575. The molecule has 0 radical (unpaired) electrons. The summed E-state index contributed by atoms with van der Waals surface area (Å²) in [5.74, 6) is 0.429. The Morgan fingerprint density at radius 3 is 2.70 bits per heavy atom. The van der Waals surface area contributed by atoms with E-state index in [1.165, 1.54) is 0 Å². The number of hydrogen-bond acceptors (Lipinski definition) is 6. The van der Waals surface area contributed by atoms with E-state index in [1.807, 2.05) is 6.92 Å². The first-order valence-corrected chi connectivity index (χ1v) is 8.14. The Morgan fingerprint density at radius 2 is 2.04 bits per heavy atom. The van der Waals surface area contributed by atoms with Crippen molar-refractivity contribution in [2.24, 2.45) is 5.73 Å². The van der Waals surface area contributed by atoms with E-state index < -0.39 is 0 Å². The van der Waals surface area contributed by atoms with E-state index in [0.717, 1.165) is 51.0 Å². The van der Waals surface area contributed by atoms with E-state index in [9.17, 15) is 4.79 Å². The number of nitrogens with two attached hydrogens (primary N) is 1. The fourth-order valence-electron chi connectivity index (χ4n) is 3.68. The van der Waals surface area contributed by atoms with Crippen LogP contribution in [0.25, 0.3) is 0 Å². The zero-order valence-corrected chi connectivity index (χ0v) is 13.4. The van der Waals surface area contributed by atoms with Gasteiger partial charge in [0.1, 0.15) is 11.8 Å². The Kier molecular flexibility index (Phi) is 4.44. The Balaban J connectivity index is 1.66. The topological polar surface area (TPSA) is 99.1 Å². The lowest BCUT2D eigenvalue weighted by atomic mass is 10.0. The first kappa shape index (κ1) is 15.7. The molecule has 0 bridgehead atoms. The van der Waals surface area contributed by atoms with E-state index in [2.05, 4.69) is 25.8 Å². The van der Waals surface area contributed by atoms with Gasteiger partial charge >= 0.3 is 0 Å². The molecule has 2 saturated heterocycles. The average Bonchev–Trinajstić information content (AvgIpc) is 3.04. The van der Waals surface area contributed by atoms with Crippen molar-refractivity contribution in [2.75, 3.05) is 24.5 Å². The quantitative estimate of drug-likeness (QED) is 0.876. The number of hydrogen-bond donors (Lipinski definition) is 1. The molecule has 7 nitrogen and oxygen atoms in total. The van der Waals surface area contributed by atoms with Crippen LogP contribution in [0.2, 0.25) is 0 Å². The smallest absolute Gasteiger partial charge is 0.234 e. The van der Waals surface area contributed by atoms with E-state index >= 15 is 0 Å². The number of nitrogens with zero attached hydrogens (tertiary/aromatic N) is 5. The summed E-state index contributed by atoms with van der Waals surface area (Å²) < 4.78 is 0. The molecule has 1 aromatic heterocycles. The third-order valence-electron chi connectivity index (χ3n) is 4.80. The van der Waals surface area contributed by atoms with Crippen molar-refractivity contribution in [3.63, 3.8) is 0 Å². The molecule has 1 aromatic rings. The van der Waals surface area contributed by atoms with Gasteiger partial charge in [-0.2, -0.15) is 5.26 Å². The number of primary amides is 1. The second kappa shape index (κ2) is 6.50. The van der Waals surface area contributed by atoms with E-state index in [0.29, 0.717) is 17.7 Å². The average molecular weight is 314 g/mol. The van der Waals surface area contributed by atoms with Crippen molar-refractivity contribution in [1.82, 2.24) is 14.9 Å². The van der Waals surface area contributed by atoms with Crippen molar-refractivity contribution in [3.05, 3.63) is 17.5 Å². The van der Waals surface area contributed by atoms with Gasteiger partial charge in [-0.25, -0.2) is 9.97 Å². The van der Waals surface area contributed by atoms with Gasteiger partial charge in [0.15, 0.2) is 0 Å². The lowest BCUT2D eigenvalue weighted by Crippen LogP contribution is -2.50. The van der Waals surface area contributed by atoms with Gasteiger partial charge in [0, 0.05) is 24.8 Å². The molecule has 7 heteroatoms. The summed E-state index contributed by atoms with van der Waals surface area (Å²) in [6, 6.07) is 4.06. The Hall–Kier alpha value is -2.20. The molecule has 0 aliphatic carbocycles. The molecular weight excluding hydrogens is 292 g/mol. The van der Waals surface area contributed by atoms with Gasteiger partial charge in [0.2, 0.25) is 11.9 Å². The molecule has 3 heterocycles. The van der Waals surface area contributed by atoms with Crippen molar-refractivity contribution in [2.45, 2.75) is 44.7 Å². The van der Waals surface area contributed by atoms with Crippen LogP contribution in [0.15, 0.2) is 6.07 Å². The maximum Gasteiger partial charge on any atom is 0.234 e. The minimum absolute atomic E-state index is 0.105. The zero-order valence-electron chi connectivity index (χ0n) is 13.4. The molecule has 3 rings (SSSR count). The van der Waals surface area contributed by atoms with E-state index in [1.54, 1.807) is 6.07 Å². The van der Waals surface area contributed by atoms with Crippen molar-refractivity contribution < 1.29 is 4.79 Å².